The number of aliphatic hydroxyl groups excluding tert-OH is 5. The molecule has 0 rings (SSSR count). The van der Waals surface area contributed by atoms with Gasteiger partial charge in [0.1, 0.15) is 0 Å². The number of hydrogen-bond donors (Lipinski definition) is 9. The first kappa shape index (κ1) is 28.8. The summed E-state index contributed by atoms with van der Waals surface area (Å²) >= 11 is 0. The molecule has 0 spiro atoms. The molecule has 21 heavy (non-hydrogen) atoms. The van der Waals surface area contributed by atoms with Crippen molar-refractivity contribution in [1.29, 1.82) is 0 Å². The number of hydrogen-bond acceptors (Lipinski definition) is 9. The predicted molar refractivity (Wildman–Crippen MR) is 84.7 cm³/mol. The first-order chi connectivity index (χ1) is 10.0. The standard InChI is InChI=1S/C4H11NO2.2C3H9NO.C2H7NO/c6-3-1-5-2-4-7;1-3(5)2-4;4-2-1-3-5;3-1-2-4/h5-7H,1-4H2;3,5H,2,4H2,1H3;5H,1-4H2;4H,1-3H2. The fraction of sp³-hybridized carbons (Fsp3) is 1.00. The average Bonchev–Trinajstić information content (AvgIpc) is 2.50. The Balaban J connectivity index is -0.0000000939. The number of rotatable bonds is 8. The Kier molecular flexibility index (Phi) is 50.2. The van der Waals surface area contributed by atoms with E-state index in [1.54, 1.807) is 6.92 Å². The predicted octanol–water partition coefficient (Wildman–Crippen LogP) is -3.85. The van der Waals surface area contributed by atoms with Crippen molar-refractivity contribution >= 4 is 0 Å². The first-order valence-corrected chi connectivity index (χ1v) is 6.94. The minimum atomic E-state index is -0.338. The average molecular weight is 316 g/mol. The van der Waals surface area contributed by atoms with Crippen LogP contribution < -0.4 is 22.5 Å². The van der Waals surface area contributed by atoms with Gasteiger partial charge in [-0.05, 0) is 19.9 Å². The Bertz CT molecular complexity index is 126. The maximum atomic E-state index is 8.24. The lowest BCUT2D eigenvalue weighted by Crippen LogP contribution is -2.21. The molecule has 0 saturated heterocycles. The molecule has 134 valence electrons. The van der Waals surface area contributed by atoms with Crippen molar-refractivity contribution in [3.8, 4) is 0 Å². The van der Waals surface area contributed by atoms with E-state index in [0.717, 1.165) is 6.42 Å². The lowest BCUT2D eigenvalue weighted by molar-refractivity contribution is 0.203. The van der Waals surface area contributed by atoms with Gasteiger partial charge in [0.2, 0.25) is 0 Å². The van der Waals surface area contributed by atoms with Crippen LogP contribution in [-0.4, -0.2) is 90.8 Å². The largest absolute Gasteiger partial charge is 0.396 e. The molecule has 0 saturated carbocycles. The van der Waals surface area contributed by atoms with Crippen molar-refractivity contribution in [1.82, 2.24) is 5.32 Å². The first-order valence-electron chi connectivity index (χ1n) is 6.94. The van der Waals surface area contributed by atoms with Gasteiger partial charge in [0.05, 0.1) is 25.9 Å². The van der Waals surface area contributed by atoms with E-state index in [1.807, 2.05) is 0 Å². The molecule has 0 bridgehead atoms. The molecule has 0 aromatic heterocycles. The van der Waals surface area contributed by atoms with Crippen LogP contribution in [0.2, 0.25) is 0 Å². The van der Waals surface area contributed by atoms with E-state index in [1.165, 1.54) is 0 Å². The van der Waals surface area contributed by atoms with Gasteiger partial charge in [-0.15, -0.1) is 0 Å². The molecule has 0 aromatic carbocycles. The topological polar surface area (TPSA) is 191 Å². The summed E-state index contributed by atoms with van der Waals surface area (Å²) in [6.45, 7) is 4.72. The molecule has 0 radical (unpaired) electrons. The normalized spacial score (nSPS) is 10.1. The van der Waals surface area contributed by atoms with Crippen LogP contribution in [0.1, 0.15) is 13.3 Å². The third-order valence-corrected chi connectivity index (χ3v) is 1.41. The Morgan fingerprint density at radius 3 is 1.29 bits per heavy atom. The summed E-state index contributed by atoms with van der Waals surface area (Å²) in [7, 11) is 0. The quantitative estimate of drug-likeness (QED) is 0.202. The third kappa shape index (κ3) is 81.9. The zero-order valence-electron chi connectivity index (χ0n) is 13.1. The van der Waals surface area contributed by atoms with Crippen LogP contribution in [0.4, 0.5) is 0 Å². The highest BCUT2D eigenvalue weighted by Gasteiger charge is 1.81. The number of nitrogens with two attached hydrogens (primary N) is 3. The van der Waals surface area contributed by atoms with Gasteiger partial charge >= 0.3 is 0 Å². The van der Waals surface area contributed by atoms with Crippen LogP contribution in [0.25, 0.3) is 0 Å². The second-order valence-electron chi connectivity index (χ2n) is 3.66. The minimum Gasteiger partial charge on any atom is -0.396 e. The lowest BCUT2D eigenvalue weighted by Gasteiger charge is -1.94. The van der Waals surface area contributed by atoms with E-state index in [4.69, 9.17) is 42.7 Å². The summed E-state index contributed by atoms with van der Waals surface area (Å²) in [6, 6.07) is 0. The molecule has 9 heteroatoms. The Morgan fingerprint density at radius 2 is 1.19 bits per heavy atom. The third-order valence-electron chi connectivity index (χ3n) is 1.41. The molecule has 1 unspecified atom stereocenters. The highest BCUT2D eigenvalue weighted by Crippen LogP contribution is 1.65. The molecule has 0 aliphatic heterocycles. The molecular weight excluding hydrogens is 280 g/mol. The Labute approximate surface area is 127 Å². The number of nitrogens with one attached hydrogen (secondary N) is 1. The van der Waals surface area contributed by atoms with Crippen molar-refractivity contribution in [2.24, 2.45) is 17.2 Å². The van der Waals surface area contributed by atoms with Crippen molar-refractivity contribution in [3.05, 3.63) is 0 Å². The molecule has 0 aromatic rings. The molecule has 0 aliphatic carbocycles. The van der Waals surface area contributed by atoms with Gasteiger partial charge in [-0.3, -0.25) is 0 Å². The van der Waals surface area contributed by atoms with Crippen molar-refractivity contribution < 1.29 is 25.5 Å². The van der Waals surface area contributed by atoms with E-state index >= 15 is 0 Å². The van der Waals surface area contributed by atoms with Crippen LogP contribution in [0.3, 0.4) is 0 Å². The maximum Gasteiger partial charge on any atom is 0.0634 e. The maximum absolute atomic E-state index is 8.24. The summed E-state index contributed by atoms with van der Waals surface area (Å²) in [5.74, 6) is 0. The molecule has 9 nitrogen and oxygen atoms in total. The fourth-order valence-corrected chi connectivity index (χ4v) is 0.374. The summed E-state index contributed by atoms with van der Waals surface area (Å²) in [6.07, 6.45) is 0.384. The van der Waals surface area contributed by atoms with Crippen molar-refractivity contribution in [2.75, 3.05) is 59.2 Å². The Hall–Kier alpha value is -0.360. The molecule has 0 amide bonds. The van der Waals surface area contributed by atoms with E-state index < -0.39 is 0 Å². The van der Waals surface area contributed by atoms with Gasteiger partial charge in [-0.25, -0.2) is 0 Å². The van der Waals surface area contributed by atoms with E-state index in [0.29, 0.717) is 32.7 Å². The van der Waals surface area contributed by atoms with Crippen LogP contribution in [0, 0.1) is 0 Å². The van der Waals surface area contributed by atoms with Crippen molar-refractivity contribution in [2.45, 2.75) is 19.4 Å². The van der Waals surface area contributed by atoms with Gasteiger partial charge in [0, 0.05) is 32.8 Å². The monoisotopic (exact) mass is 316 g/mol. The Morgan fingerprint density at radius 1 is 0.810 bits per heavy atom. The summed E-state index contributed by atoms with van der Waals surface area (Å²) in [5.41, 5.74) is 14.7. The minimum absolute atomic E-state index is 0.0972. The van der Waals surface area contributed by atoms with Crippen LogP contribution >= 0.6 is 0 Å². The second kappa shape index (κ2) is 36.7. The fourth-order valence-electron chi connectivity index (χ4n) is 0.374. The van der Waals surface area contributed by atoms with Gasteiger partial charge in [-0.1, -0.05) is 0 Å². The number of aliphatic hydroxyl groups is 5. The van der Waals surface area contributed by atoms with Gasteiger partial charge in [-0.2, -0.15) is 0 Å². The molecule has 12 N–H and O–H groups in total. The highest BCUT2D eigenvalue weighted by molar-refractivity contribution is 4.40. The lowest BCUT2D eigenvalue weighted by atomic mass is 10.4. The molecule has 1 atom stereocenters. The molecule has 0 heterocycles. The van der Waals surface area contributed by atoms with Crippen LogP contribution in [0.15, 0.2) is 0 Å². The SMILES string of the molecule is CC(O)CN.NCCCO.NCCO.OCCNCCO. The molecule has 0 fully saturated rings. The zero-order valence-corrected chi connectivity index (χ0v) is 13.1. The summed E-state index contributed by atoms with van der Waals surface area (Å²) in [5, 5.41) is 43.1. The second-order valence-corrected chi connectivity index (χ2v) is 3.66. The smallest absolute Gasteiger partial charge is 0.0634 e. The van der Waals surface area contributed by atoms with E-state index in [9.17, 15) is 0 Å². The molecule has 0 aliphatic rings. The van der Waals surface area contributed by atoms with Crippen LogP contribution in [-0.2, 0) is 0 Å². The zero-order chi connectivity index (χ0) is 17.4. The van der Waals surface area contributed by atoms with Gasteiger partial charge in [0.25, 0.3) is 0 Å². The van der Waals surface area contributed by atoms with Crippen LogP contribution in [0.5, 0.6) is 0 Å². The molecular formula is C12H36N4O5. The highest BCUT2D eigenvalue weighted by atomic mass is 16.3. The van der Waals surface area contributed by atoms with Gasteiger partial charge in [0.15, 0.2) is 0 Å². The van der Waals surface area contributed by atoms with Crippen molar-refractivity contribution in [3.63, 3.8) is 0 Å². The summed E-state index contributed by atoms with van der Waals surface area (Å²) in [4.78, 5) is 0. The van der Waals surface area contributed by atoms with Gasteiger partial charge < -0.3 is 48.1 Å². The van der Waals surface area contributed by atoms with E-state index in [-0.39, 0.29) is 32.5 Å². The van der Waals surface area contributed by atoms with E-state index in [2.05, 4.69) is 5.32 Å². The summed E-state index contributed by atoms with van der Waals surface area (Å²) < 4.78 is 0.